The standard InChI is InChI=1S/C15H24N2O/c1-11(2)12(3)17(4)15(18)14-7-5-6-13(10-14)8-9-16/h5-7,10-12H,8-9,16H2,1-4H3. The Morgan fingerprint density at radius 1 is 1.33 bits per heavy atom. The van der Waals surface area contributed by atoms with Crippen molar-refractivity contribution in [3.63, 3.8) is 0 Å². The first-order chi connectivity index (χ1) is 8.47. The summed E-state index contributed by atoms with van der Waals surface area (Å²) in [4.78, 5) is 14.2. The van der Waals surface area contributed by atoms with Crippen LogP contribution in [0.15, 0.2) is 24.3 Å². The average molecular weight is 248 g/mol. The Morgan fingerprint density at radius 2 is 2.00 bits per heavy atom. The maximum atomic E-state index is 12.3. The lowest BCUT2D eigenvalue weighted by Gasteiger charge is -2.28. The van der Waals surface area contributed by atoms with E-state index in [4.69, 9.17) is 5.73 Å². The summed E-state index contributed by atoms with van der Waals surface area (Å²) < 4.78 is 0. The van der Waals surface area contributed by atoms with E-state index in [1.807, 2.05) is 36.2 Å². The maximum absolute atomic E-state index is 12.3. The lowest BCUT2D eigenvalue weighted by atomic mass is 10.0. The van der Waals surface area contributed by atoms with Crippen LogP contribution in [0, 0.1) is 5.92 Å². The fourth-order valence-corrected chi connectivity index (χ4v) is 1.86. The molecule has 1 amide bonds. The zero-order valence-electron chi connectivity index (χ0n) is 11.8. The molecule has 0 aromatic heterocycles. The molecule has 0 saturated heterocycles. The molecule has 3 nitrogen and oxygen atoms in total. The molecule has 2 N–H and O–H groups in total. The first-order valence-electron chi connectivity index (χ1n) is 6.53. The van der Waals surface area contributed by atoms with Crippen LogP contribution in [0.3, 0.4) is 0 Å². The van der Waals surface area contributed by atoms with Gasteiger partial charge in [-0.2, -0.15) is 0 Å². The predicted molar refractivity (Wildman–Crippen MR) is 75.6 cm³/mol. The SMILES string of the molecule is CC(C)C(C)N(C)C(=O)c1cccc(CCN)c1. The fourth-order valence-electron chi connectivity index (χ4n) is 1.86. The molecule has 0 heterocycles. The van der Waals surface area contributed by atoms with Gasteiger partial charge >= 0.3 is 0 Å². The number of hydrogen-bond donors (Lipinski definition) is 1. The maximum Gasteiger partial charge on any atom is 0.253 e. The summed E-state index contributed by atoms with van der Waals surface area (Å²) in [6, 6.07) is 7.97. The van der Waals surface area contributed by atoms with Crippen LogP contribution >= 0.6 is 0 Å². The normalized spacial score (nSPS) is 12.6. The van der Waals surface area contributed by atoms with Gasteiger partial charge in [0.05, 0.1) is 0 Å². The van der Waals surface area contributed by atoms with E-state index in [0.717, 1.165) is 17.5 Å². The van der Waals surface area contributed by atoms with Crippen LogP contribution in [-0.2, 0) is 6.42 Å². The highest BCUT2D eigenvalue weighted by Gasteiger charge is 2.19. The first kappa shape index (κ1) is 14.7. The molecule has 1 atom stereocenters. The van der Waals surface area contributed by atoms with Crippen molar-refractivity contribution in [2.75, 3.05) is 13.6 Å². The first-order valence-corrected chi connectivity index (χ1v) is 6.53. The third-order valence-electron chi connectivity index (χ3n) is 3.50. The van der Waals surface area contributed by atoms with Gasteiger partial charge in [0, 0.05) is 18.7 Å². The molecule has 0 spiro atoms. The second-order valence-corrected chi connectivity index (χ2v) is 5.14. The summed E-state index contributed by atoms with van der Waals surface area (Å²) in [7, 11) is 1.86. The van der Waals surface area contributed by atoms with Gasteiger partial charge in [-0.25, -0.2) is 0 Å². The topological polar surface area (TPSA) is 46.3 Å². The van der Waals surface area contributed by atoms with Gasteiger partial charge in [-0.1, -0.05) is 26.0 Å². The minimum atomic E-state index is 0.0788. The van der Waals surface area contributed by atoms with Crippen molar-refractivity contribution in [1.29, 1.82) is 0 Å². The van der Waals surface area contributed by atoms with Crippen molar-refractivity contribution < 1.29 is 4.79 Å². The van der Waals surface area contributed by atoms with Gasteiger partial charge in [0.1, 0.15) is 0 Å². The van der Waals surface area contributed by atoms with Crippen molar-refractivity contribution in [3.05, 3.63) is 35.4 Å². The van der Waals surface area contributed by atoms with E-state index >= 15 is 0 Å². The van der Waals surface area contributed by atoms with Crippen LogP contribution < -0.4 is 5.73 Å². The zero-order valence-corrected chi connectivity index (χ0v) is 11.8. The minimum absolute atomic E-state index is 0.0788. The van der Waals surface area contributed by atoms with Gasteiger partial charge in [-0.05, 0) is 43.5 Å². The van der Waals surface area contributed by atoms with E-state index in [9.17, 15) is 4.79 Å². The van der Waals surface area contributed by atoms with Crippen LogP contribution in [0.4, 0.5) is 0 Å². The van der Waals surface area contributed by atoms with E-state index < -0.39 is 0 Å². The third-order valence-corrected chi connectivity index (χ3v) is 3.50. The smallest absolute Gasteiger partial charge is 0.253 e. The van der Waals surface area contributed by atoms with Crippen molar-refractivity contribution in [1.82, 2.24) is 4.90 Å². The van der Waals surface area contributed by atoms with Crippen molar-refractivity contribution in [3.8, 4) is 0 Å². The number of rotatable bonds is 5. The molecule has 0 fully saturated rings. The molecular formula is C15H24N2O. The molecule has 1 unspecified atom stereocenters. The second kappa shape index (κ2) is 6.55. The number of carbonyl (C=O) groups is 1. The number of hydrogen-bond acceptors (Lipinski definition) is 2. The van der Waals surface area contributed by atoms with E-state index in [1.165, 1.54) is 0 Å². The molecule has 1 rings (SSSR count). The number of nitrogens with two attached hydrogens (primary N) is 1. The molecule has 18 heavy (non-hydrogen) atoms. The Bertz CT molecular complexity index is 401. The number of nitrogens with zero attached hydrogens (tertiary/aromatic N) is 1. The molecule has 3 heteroatoms. The molecule has 0 radical (unpaired) electrons. The Balaban J connectivity index is 2.86. The molecular weight excluding hydrogens is 224 g/mol. The van der Waals surface area contributed by atoms with Gasteiger partial charge in [0.2, 0.25) is 0 Å². The van der Waals surface area contributed by atoms with Crippen molar-refractivity contribution in [2.45, 2.75) is 33.2 Å². The van der Waals surface area contributed by atoms with Crippen LogP contribution in [-0.4, -0.2) is 30.4 Å². The van der Waals surface area contributed by atoms with Crippen molar-refractivity contribution >= 4 is 5.91 Å². The van der Waals surface area contributed by atoms with Gasteiger partial charge < -0.3 is 10.6 Å². The average Bonchev–Trinajstić information content (AvgIpc) is 2.36. The summed E-state index contributed by atoms with van der Waals surface area (Å²) in [6.45, 7) is 6.93. The van der Waals surface area contributed by atoms with E-state index in [-0.39, 0.29) is 11.9 Å². The Labute approximate surface area is 110 Å². The summed E-state index contributed by atoms with van der Waals surface area (Å²) >= 11 is 0. The van der Waals surface area contributed by atoms with Crippen molar-refractivity contribution in [2.24, 2.45) is 11.7 Å². The lowest BCUT2D eigenvalue weighted by molar-refractivity contribution is 0.0707. The van der Waals surface area contributed by atoms with E-state index in [1.54, 1.807) is 0 Å². The van der Waals surface area contributed by atoms with Gasteiger partial charge in [-0.15, -0.1) is 0 Å². The van der Waals surface area contributed by atoms with Crippen LogP contribution in [0.2, 0.25) is 0 Å². The molecule has 100 valence electrons. The highest BCUT2D eigenvalue weighted by atomic mass is 16.2. The molecule has 0 aliphatic heterocycles. The van der Waals surface area contributed by atoms with Gasteiger partial charge in [0.25, 0.3) is 5.91 Å². The summed E-state index contributed by atoms with van der Waals surface area (Å²) in [6.07, 6.45) is 0.810. The fraction of sp³-hybridized carbons (Fsp3) is 0.533. The van der Waals surface area contributed by atoms with Crippen LogP contribution in [0.1, 0.15) is 36.7 Å². The van der Waals surface area contributed by atoms with E-state index in [0.29, 0.717) is 12.5 Å². The Morgan fingerprint density at radius 3 is 2.56 bits per heavy atom. The monoisotopic (exact) mass is 248 g/mol. The quantitative estimate of drug-likeness (QED) is 0.869. The third kappa shape index (κ3) is 3.57. The van der Waals surface area contributed by atoms with Crippen LogP contribution in [0.25, 0.3) is 0 Å². The summed E-state index contributed by atoms with van der Waals surface area (Å²) in [5.41, 5.74) is 7.40. The predicted octanol–water partition coefficient (Wildman–Crippen LogP) is 2.30. The highest BCUT2D eigenvalue weighted by molar-refractivity contribution is 5.94. The Hall–Kier alpha value is -1.35. The van der Waals surface area contributed by atoms with Gasteiger partial charge in [0.15, 0.2) is 0 Å². The van der Waals surface area contributed by atoms with Gasteiger partial charge in [-0.3, -0.25) is 4.79 Å². The lowest BCUT2D eigenvalue weighted by Crippen LogP contribution is -2.38. The van der Waals surface area contributed by atoms with E-state index in [2.05, 4.69) is 20.8 Å². The second-order valence-electron chi connectivity index (χ2n) is 5.14. The number of benzene rings is 1. The molecule has 0 bridgehead atoms. The molecule has 0 saturated carbocycles. The zero-order chi connectivity index (χ0) is 13.7. The minimum Gasteiger partial charge on any atom is -0.339 e. The summed E-state index contributed by atoms with van der Waals surface area (Å²) in [5.74, 6) is 0.529. The molecule has 1 aromatic rings. The number of carbonyl (C=O) groups excluding carboxylic acids is 1. The van der Waals surface area contributed by atoms with Crippen LogP contribution in [0.5, 0.6) is 0 Å². The largest absolute Gasteiger partial charge is 0.339 e. The molecule has 0 aliphatic carbocycles. The molecule has 0 aliphatic rings. The summed E-state index contributed by atoms with van der Waals surface area (Å²) in [5, 5.41) is 0. The number of amides is 1. The highest BCUT2D eigenvalue weighted by Crippen LogP contribution is 2.14. The molecule has 1 aromatic carbocycles. The Kier molecular flexibility index (Phi) is 5.35.